The van der Waals surface area contributed by atoms with Crippen LogP contribution in [-0.2, 0) is 0 Å². The molecule has 4 rings (SSSR count). The number of hydrogen-bond acceptors (Lipinski definition) is 4. The number of phenolic OH excluding ortho intramolecular Hbond substituents is 1. The highest BCUT2D eigenvalue weighted by Gasteiger charge is 2.46. The molecule has 2 N–H and O–H groups in total. The highest BCUT2D eigenvalue weighted by Crippen LogP contribution is 2.44. The molecule has 0 saturated carbocycles. The van der Waals surface area contributed by atoms with E-state index in [1.165, 1.54) is 25.3 Å². The Labute approximate surface area is 192 Å². The zero-order chi connectivity index (χ0) is 23.5. The third-order valence-electron chi connectivity index (χ3n) is 6.23. The van der Waals surface area contributed by atoms with Gasteiger partial charge in [-0.2, -0.15) is 0 Å². The van der Waals surface area contributed by atoms with Crippen LogP contribution in [0.3, 0.4) is 0 Å². The van der Waals surface area contributed by atoms with Gasteiger partial charge in [0.1, 0.15) is 17.3 Å². The maximum Gasteiger partial charge on any atom is 0.325 e. The number of hydrogen-bond donors (Lipinski definition) is 2. The molecule has 0 radical (unpaired) electrons. The van der Waals surface area contributed by atoms with Gasteiger partial charge in [-0.05, 0) is 54.8 Å². The van der Waals surface area contributed by atoms with Gasteiger partial charge in [-0.3, -0.25) is 4.90 Å². The fourth-order valence-corrected chi connectivity index (χ4v) is 4.45. The Morgan fingerprint density at radius 2 is 1.76 bits per heavy atom. The van der Waals surface area contributed by atoms with Crippen molar-refractivity contribution in [1.29, 1.82) is 0 Å². The molecule has 3 aromatic rings. The number of para-hydroxylation sites is 1. The van der Waals surface area contributed by atoms with Crippen molar-refractivity contribution in [3.8, 4) is 11.5 Å². The summed E-state index contributed by atoms with van der Waals surface area (Å²) in [6, 6.07) is 19.2. The highest BCUT2D eigenvalue weighted by molar-refractivity contribution is 5.95. The van der Waals surface area contributed by atoms with E-state index in [1.807, 2.05) is 30.3 Å². The number of anilines is 1. The smallest absolute Gasteiger partial charge is 0.325 e. The molecule has 33 heavy (non-hydrogen) atoms. The minimum absolute atomic E-state index is 0.0347. The van der Waals surface area contributed by atoms with E-state index in [0.29, 0.717) is 29.7 Å². The van der Waals surface area contributed by atoms with Gasteiger partial charge in [0, 0.05) is 24.4 Å². The number of benzene rings is 3. The lowest BCUT2D eigenvalue weighted by atomic mass is 9.92. The lowest BCUT2D eigenvalue weighted by molar-refractivity contribution is 0.148. The SMILES string of the molecule is COc1ccc([C@@H]2[C@@H](CCC(O)c3ccc(F)cc3)N(C)C(=O)N2c2ccccc2)c(O)c1. The Morgan fingerprint density at radius 3 is 2.39 bits per heavy atom. The second-order valence-electron chi connectivity index (χ2n) is 8.18. The minimum Gasteiger partial charge on any atom is -0.507 e. The third kappa shape index (κ3) is 4.50. The number of aliphatic hydroxyl groups is 1. The number of likely N-dealkylation sites (N-methyl/N-ethyl adjacent to an activating group) is 1. The first-order chi connectivity index (χ1) is 15.9. The largest absolute Gasteiger partial charge is 0.507 e. The molecule has 0 spiro atoms. The fraction of sp³-hybridized carbons (Fsp3) is 0.269. The summed E-state index contributed by atoms with van der Waals surface area (Å²) >= 11 is 0. The lowest BCUT2D eigenvalue weighted by Crippen LogP contribution is -2.31. The number of aromatic hydroxyl groups is 1. The Morgan fingerprint density at radius 1 is 1.06 bits per heavy atom. The number of rotatable bonds is 7. The molecule has 6 nitrogen and oxygen atoms in total. The molecule has 0 aromatic heterocycles. The summed E-state index contributed by atoms with van der Waals surface area (Å²) in [6.07, 6.45) is 0.0366. The summed E-state index contributed by atoms with van der Waals surface area (Å²) in [6.45, 7) is 0. The van der Waals surface area contributed by atoms with Crippen LogP contribution < -0.4 is 9.64 Å². The summed E-state index contributed by atoms with van der Waals surface area (Å²) in [7, 11) is 3.25. The maximum atomic E-state index is 13.3. The van der Waals surface area contributed by atoms with Crippen LogP contribution >= 0.6 is 0 Å². The number of ether oxygens (including phenoxy) is 1. The van der Waals surface area contributed by atoms with Crippen LogP contribution in [0.25, 0.3) is 0 Å². The highest BCUT2D eigenvalue weighted by atomic mass is 19.1. The number of carbonyl (C=O) groups excluding carboxylic acids is 1. The maximum absolute atomic E-state index is 13.3. The molecule has 3 aromatic carbocycles. The van der Waals surface area contributed by atoms with Crippen LogP contribution in [0.5, 0.6) is 11.5 Å². The number of urea groups is 1. The molecule has 1 aliphatic rings. The molecular formula is C26H27FN2O4. The van der Waals surface area contributed by atoms with Crippen LogP contribution in [0.4, 0.5) is 14.9 Å². The molecular weight excluding hydrogens is 423 g/mol. The summed E-state index contributed by atoms with van der Waals surface area (Å²) in [5.74, 6) is 0.191. The van der Waals surface area contributed by atoms with Crippen molar-refractivity contribution in [3.63, 3.8) is 0 Å². The molecule has 1 aliphatic heterocycles. The Kier molecular flexibility index (Phi) is 6.51. The standard InChI is InChI=1S/C26H27FN2O4/c1-28-22(14-15-23(30)17-8-10-18(27)11-9-17)25(21-13-12-20(33-2)16-24(21)31)29(26(28)32)19-6-4-3-5-7-19/h3-13,16,22-23,25,30-31H,14-15H2,1-2H3/t22-,23?,25-/m1/s1. The minimum atomic E-state index is -0.801. The number of amides is 2. The van der Waals surface area contributed by atoms with Crippen molar-refractivity contribution in [3.05, 3.63) is 89.7 Å². The zero-order valence-corrected chi connectivity index (χ0v) is 18.6. The van der Waals surface area contributed by atoms with Crippen molar-refractivity contribution in [2.75, 3.05) is 19.1 Å². The number of nitrogens with zero attached hydrogens (tertiary/aromatic N) is 2. The summed E-state index contributed by atoms with van der Waals surface area (Å²) in [5.41, 5.74) is 1.93. The van der Waals surface area contributed by atoms with Gasteiger partial charge < -0.3 is 19.8 Å². The number of aliphatic hydroxyl groups excluding tert-OH is 1. The first kappa shape index (κ1) is 22.6. The molecule has 1 unspecified atom stereocenters. The van der Waals surface area contributed by atoms with Crippen molar-refractivity contribution in [1.82, 2.24) is 4.90 Å². The third-order valence-corrected chi connectivity index (χ3v) is 6.23. The van der Waals surface area contributed by atoms with Crippen LogP contribution in [0.2, 0.25) is 0 Å². The lowest BCUT2D eigenvalue weighted by Gasteiger charge is -2.29. The van der Waals surface area contributed by atoms with Crippen LogP contribution in [0.1, 0.15) is 36.1 Å². The van der Waals surface area contributed by atoms with Crippen LogP contribution in [0.15, 0.2) is 72.8 Å². The summed E-state index contributed by atoms with van der Waals surface area (Å²) < 4.78 is 18.5. The van der Waals surface area contributed by atoms with Gasteiger partial charge in [-0.1, -0.05) is 30.3 Å². The van der Waals surface area contributed by atoms with Gasteiger partial charge in [-0.25, -0.2) is 9.18 Å². The van der Waals surface area contributed by atoms with E-state index < -0.39 is 12.1 Å². The average Bonchev–Trinajstić information content (AvgIpc) is 3.08. The van der Waals surface area contributed by atoms with Gasteiger partial charge in [0.2, 0.25) is 0 Å². The summed E-state index contributed by atoms with van der Waals surface area (Å²) in [4.78, 5) is 16.7. The monoisotopic (exact) mass is 450 g/mol. The molecule has 0 bridgehead atoms. The van der Waals surface area contributed by atoms with Crippen molar-refractivity contribution >= 4 is 11.7 Å². The Balaban J connectivity index is 1.67. The van der Waals surface area contributed by atoms with E-state index in [0.717, 1.165) is 5.69 Å². The van der Waals surface area contributed by atoms with Crippen molar-refractivity contribution in [2.24, 2.45) is 0 Å². The molecule has 1 fully saturated rings. The molecule has 7 heteroatoms. The van der Waals surface area contributed by atoms with E-state index in [9.17, 15) is 19.4 Å². The van der Waals surface area contributed by atoms with E-state index in [-0.39, 0.29) is 23.6 Å². The van der Waals surface area contributed by atoms with Gasteiger partial charge in [0.15, 0.2) is 0 Å². The van der Waals surface area contributed by atoms with E-state index >= 15 is 0 Å². The molecule has 1 saturated heterocycles. The quantitative estimate of drug-likeness (QED) is 0.529. The van der Waals surface area contributed by atoms with Gasteiger partial charge >= 0.3 is 6.03 Å². The zero-order valence-electron chi connectivity index (χ0n) is 18.6. The Bertz CT molecular complexity index is 1110. The molecule has 172 valence electrons. The Hall–Kier alpha value is -3.58. The van der Waals surface area contributed by atoms with Gasteiger partial charge in [0.25, 0.3) is 0 Å². The number of methoxy groups -OCH3 is 1. The second kappa shape index (κ2) is 9.50. The summed E-state index contributed by atoms with van der Waals surface area (Å²) in [5, 5.41) is 21.5. The molecule has 0 aliphatic carbocycles. The molecule has 3 atom stereocenters. The fourth-order valence-electron chi connectivity index (χ4n) is 4.45. The number of phenols is 1. The predicted molar refractivity (Wildman–Crippen MR) is 124 cm³/mol. The topological polar surface area (TPSA) is 73.2 Å². The number of carbonyl (C=O) groups is 1. The van der Waals surface area contributed by atoms with Crippen molar-refractivity contribution < 1.29 is 24.1 Å². The van der Waals surface area contributed by atoms with E-state index in [2.05, 4.69) is 0 Å². The average molecular weight is 451 g/mol. The van der Waals surface area contributed by atoms with Crippen LogP contribution in [-0.4, -0.2) is 41.3 Å². The van der Waals surface area contributed by atoms with Crippen molar-refractivity contribution in [2.45, 2.75) is 31.0 Å². The van der Waals surface area contributed by atoms with Gasteiger partial charge in [0.05, 0.1) is 25.3 Å². The number of halogens is 1. The van der Waals surface area contributed by atoms with Gasteiger partial charge in [-0.15, -0.1) is 0 Å². The second-order valence-corrected chi connectivity index (χ2v) is 8.18. The normalized spacial score (nSPS) is 19.1. The van der Waals surface area contributed by atoms with Crippen LogP contribution in [0, 0.1) is 5.82 Å². The first-order valence-electron chi connectivity index (χ1n) is 10.8. The molecule has 1 heterocycles. The first-order valence-corrected chi connectivity index (χ1v) is 10.8. The van der Waals surface area contributed by atoms with E-state index in [4.69, 9.17) is 4.74 Å². The van der Waals surface area contributed by atoms with E-state index in [1.54, 1.807) is 41.1 Å². The molecule has 2 amide bonds. The predicted octanol–water partition coefficient (Wildman–Crippen LogP) is 5.04.